The summed E-state index contributed by atoms with van der Waals surface area (Å²) in [4.78, 5) is 14.4. The van der Waals surface area contributed by atoms with Crippen LogP contribution in [0.15, 0.2) is 18.2 Å². The summed E-state index contributed by atoms with van der Waals surface area (Å²) in [5.41, 5.74) is 6.03. The lowest BCUT2D eigenvalue weighted by Gasteiger charge is -2.37. The number of halogens is 1. The van der Waals surface area contributed by atoms with E-state index in [1.165, 1.54) is 12.1 Å². The Labute approximate surface area is 129 Å². The number of amides is 1. The van der Waals surface area contributed by atoms with Crippen LogP contribution >= 0.6 is 11.8 Å². The number of carbonyl (C=O) groups excluding carboxylic acids is 1. The Morgan fingerprint density at radius 3 is 3.00 bits per heavy atom. The molecule has 3 nitrogen and oxygen atoms in total. The van der Waals surface area contributed by atoms with Gasteiger partial charge in [-0.1, -0.05) is 18.8 Å². The Balaban J connectivity index is 2.29. The van der Waals surface area contributed by atoms with Gasteiger partial charge >= 0.3 is 0 Å². The fourth-order valence-electron chi connectivity index (χ4n) is 2.29. The Hall–Kier alpha value is -1.51. The van der Waals surface area contributed by atoms with Gasteiger partial charge in [0.25, 0.3) is 5.91 Å². The first-order valence-corrected chi connectivity index (χ1v) is 8.00. The quantitative estimate of drug-likeness (QED) is 0.808. The van der Waals surface area contributed by atoms with Crippen LogP contribution in [0, 0.1) is 17.7 Å². The lowest BCUT2D eigenvalue weighted by molar-refractivity contribution is 0.0693. The molecule has 112 valence electrons. The summed E-state index contributed by atoms with van der Waals surface area (Å²) in [6.07, 6.45) is 0. The summed E-state index contributed by atoms with van der Waals surface area (Å²) in [5.74, 6) is 5.66. The first-order valence-electron chi connectivity index (χ1n) is 6.95. The molecule has 1 saturated heterocycles. The molecule has 2 atom stereocenters. The van der Waals surface area contributed by atoms with Crippen molar-refractivity contribution in [2.45, 2.75) is 25.1 Å². The third-order valence-corrected chi connectivity index (χ3v) is 5.01. The average molecular weight is 306 g/mol. The number of nitrogens with two attached hydrogens (primary N) is 1. The van der Waals surface area contributed by atoms with Gasteiger partial charge in [0.15, 0.2) is 0 Å². The van der Waals surface area contributed by atoms with Crippen molar-refractivity contribution in [3.8, 4) is 11.8 Å². The highest BCUT2D eigenvalue weighted by atomic mass is 32.2. The Morgan fingerprint density at radius 2 is 2.29 bits per heavy atom. The van der Waals surface area contributed by atoms with Crippen molar-refractivity contribution >= 4 is 17.7 Å². The standard InChI is InChI=1S/C16H19FN2OS/c1-11-12(2)21-9-8-19(11)16(20)14-10-13(4-3-7-18)5-6-15(14)17/h5-6,10-12H,7-9,18H2,1-2H3. The third kappa shape index (κ3) is 3.58. The van der Waals surface area contributed by atoms with Crippen LogP contribution in [0.2, 0.25) is 0 Å². The largest absolute Gasteiger partial charge is 0.334 e. The van der Waals surface area contributed by atoms with E-state index >= 15 is 0 Å². The molecule has 2 rings (SSSR count). The van der Waals surface area contributed by atoms with Gasteiger partial charge in [0, 0.05) is 29.2 Å². The molecule has 1 aliphatic heterocycles. The number of hydrogen-bond acceptors (Lipinski definition) is 3. The molecule has 1 amide bonds. The van der Waals surface area contributed by atoms with E-state index in [-0.39, 0.29) is 24.1 Å². The fourth-order valence-corrected chi connectivity index (χ4v) is 3.39. The molecule has 0 saturated carbocycles. The van der Waals surface area contributed by atoms with Crippen LogP contribution in [-0.4, -0.2) is 40.9 Å². The van der Waals surface area contributed by atoms with Crippen LogP contribution in [0.4, 0.5) is 4.39 Å². The van der Waals surface area contributed by atoms with E-state index in [1.54, 1.807) is 11.0 Å². The molecule has 0 bridgehead atoms. The number of carbonyl (C=O) groups is 1. The Morgan fingerprint density at radius 1 is 1.52 bits per heavy atom. The smallest absolute Gasteiger partial charge is 0.257 e. The van der Waals surface area contributed by atoms with Gasteiger partial charge in [-0.15, -0.1) is 0 Å². The van der Waals surface area contributed by atoms with Crippen LogP contribution in [-0.2, 0) is 0 Å². The zero-order chi connectivity index (χ0) is 15.4. The van der Waals surface area contributed by atoms with Gasteiger partial charge < -0.3 is 10.6 Å². The van der Waals surface area contributed by atoms with E-state index in [0.29, 0.717) is 17.4 Å². The summed E-state index contributed by atoms with van der Waals surface area (Å²) in [6, 6.07) is 4.46. The average Bonchev–Trinajstić information content (AvgIpc) is 2.48. The molecule has 0 radical (unpaired) electrons. The van der Waals surface area contributed by atoms with E-state index < -0.39 is 5.82 Å². The maximum absolute atomic E-state index is 14.0. The third-order valence-electron chi connectivity index (χ3n) is 3.68. The van der Waals surface area contributed by atoms with Gasteiger partial charge in [-0.2, -0.15) is 11.8 Å². The number of rotatable bonds is 1. The van der Waals surface area contributed by atoms with Crippen LogP contribution < -0.4 is 5.73 Å². The van der Waals surface area contributed by atoms with Crippen LogP contribution in [0.5, 0.6) is 0 Å². The van der Waals surface area contributed by atoms with E-state index in [2.05, 4.69) is 18.8 Å². The number of thioether (sulfide) groups is 1. The summed E-state index contributed by atoms with van der Waals surface area (Å²) >= 11 is 1.84. The highest BCUT2D eigenvalue weighted by Crippen LogP contribution is 2.26. The molecule has 1 aromatic carbocycles. The Bertz CT molecular complexity index is 594. The SMILES string of the molecule is CC1SCCN(C(=O)c2cc(C#CCN)ccc2F)C1C. The molecule has 1 aliphatic rings. The molecule has 2 N–H and O–H groups in total. The molecule has 0 aromatic heterocycles. The van der Waals surface area contributed by atoms with E-state index in [4.69, 9.17) is 5.73 Å². The van der Waals surface area contributed by atoms with Gasteiger partial charge in [-0.25, -0.2) is 4.39 Å². The number of hydrogen-bond donors (Lipinski definition) is 1. The van der Waals surface area contributed by atoms with Gasteiger partial charge in [-0.05, 0) is 25.1 Å². The molecule has 0 aliphatic carbocycles. The van der Waals surface area contributed by atoms with Crippen molar-refractivity contribution in [1.29, 1.82) is 0 Å². The maximum Gasteiger partial charge on any atom is 0.257 e. The van der Waals surface area contributed by atoms with Crippen LogP contribution in [0.1, 0.15) is 29.8 Å². The maximum atomic E-state index is 14.0. The fraction of sp³-hybridized carbons (Fsp3) is 0.438. The molecule has 1 heterocycles. The minimum atomic E-state index is -0.503. The summed E-state index contributed by atoms with van der Waals surface area (Å²) in [7, 11) is 0. The molecule has 1 aromatic rings. The van der Waals surface area contributed by atoms with Gasteiger partial charge in [0.2, 0.25) is 0 Å². The first-order chi connectivity index (χ1) is 10.0. The zero-order valence-corrected chi connectivity index (χ0v) is 13.0. The lowest BCUT2D eigenvalue weighted by atomic mass is 10.1. The van der Waals surface area contributed by atoms with E-state index in [1.807, 2.05) is 18.7 Å². The van der Waals surface area contributed by atoms with Crippen molar-refractivity contribution in [3.63, 3.8) is 0 Å². The lowest BCUT2D eigenvalue weighted by Crippen LogP contribution is -2.48. The summed E-state index contributed by atoms with van der Waals surface area (Å²) < 4.78 is 14.0. The van der Waals surface area contributed by atoms with Gasteiger partial charge in [-0.3, -0.25) is 4.79 Å². The van der Waals surface area contributed by atoms with Crippen molar-refractivity contribution in [2.24, 2.45) is 5.73 Å². The Kier molecular flexibility index (Phi) is 5.27. The van der Waals surface area contributed by atoms with Crippen LogP contribution in [0.25, 0.3) is 0 Å². The monoisotopic (exact) mass is 306 g/mol. The predicted octanol–water partition coefficient (Wildman–Crippen LogP) is 2.10. The molecule has 21 heavy (non-hydrogen) atoms. The second kappa shape index (κ2) is 6.97. The molecule has 1 fully saturated rings. The van der Waals surface area contributed by atoms with Crippen molar-refractivity contribution in [3.05, 3.63) is 35.1 Å². The summed E-state index contributed by atoms with van der Waals surface area (Å²) in [5, 5.41) is 0.353. The van der Waals surface area contributed by atoms with E-state index in [0.717, 1.165) is 5.75 Å². The number of benzene rings is 1. The highest BCUT2D eigenvalue weighted by molar-refractivity contribution is 8.00. The van der Waals surface area contributed by atoms with Crippen molar-refractivity contribution in [2.75, 3.05) is 18.8 Å². The predicted molar refractivity (Wildman–Crippen MR) is 84.8 cm³/mol. The molecule has 2 unspecified atom stereocenters. The van der Waals surface area contributed by atoms with Gasteiger partial charge in [0.1, 0.15) is 5.82 Å². The van der Waals surface area contributed by atoms with Crippen LogP contribution in [0.3, 0.4) is 0 Å². The first kappa shape index (κ1) is 15.9. The molecule has 5 heteroatoms. The number of nitrogens with zero attached hydrogens (tertiary/aromatic N) is 1. The second-order valence-electron chi connectivity index (χ2n) is 5.02. The second-order valence-corrected chi connectivity index (χ2v) is 6.50. The minimum Gasteiger partial charge on any atom is -0.334 e. The zero-order valence-electron chi connectivity index (χ0n) is 12.2. The van der Waals surface area contributed by atoms with Gasteiger partial charge in [0.05, 0.1) is 12.1 Å². The molecule has 0 spiro atoms. The molecular weight excluding hydrogens is 287 g/mol. The van der Waals surface area contributed by atoms with Crippen molar-refractivity contribution < 1.29 is 9.18 Å². The minimum absolute atomic E-state index is 0.0878. The highest BCUT2D eigenvalue weighted by Gasteiger charge is 2.30. The normalized spacial score (nSPS) is 21.6. The van der Waals surface area contributed by atoms with Crippen molar-refractivity contribution in [1.82, 2.24) is 4.90 Å². The van der Waals surface area contributed by atoms with E-state index in [9.17, 15) is 9.18 Å². The summed E-state index contributed by atoms with van der Waals surface area (Å²) in [6.45, 7) is 4.98. The molecular formula is C16H19FN2OS. The topological polar surface area (TPSA) is 46.3 Å².